The van der Waals surface area contributed by atoms with E-state index in [9.17, 15) is 4.39 Å². The smallest absolute Gasteiger partial charge is 0.146 e. The van der Waals surface area contributed by atoms with E-state index in [-0.39, 0.29) is 5.82 Å². The van der Waals surface area contributed by atoms with E-state index in [1.807, 2.05) is 23.5 Å². The van der Waals surface area contributed by atoms with E-state index in [1.165, 1.54) is 29.6 Å². The number of halogens is 1. The van der Waals surface area contributed by atoms with E-state index >= 15 is 0 Å². The maximum absolute atomic E-state index is 13.8. The Morgan fingerprint density at radius 2 is 1.91 bits per heavy atom. The molecule has 0 unspecified atom stereocenters. The third-order valence-electron chi connectivity index (χ3n) is 4.45. The fourth-order valence-electron chi connectivity index (χ4n) is 3.00. The Kier molecular flexibility index (Phi) is 3.84. The van der Waals surface area contributed by atoms with Crippen LogP contribution in [0.15, 0.2) is 29.6 Å². The molecule has 0 radical (unpaired) electrons. The highest BCUT2D eigenvalue weighted by Crippen LogP contribution is 2.41. The van der Waals surface area contributed by atoms with Crippen molar-refractivity contribution in [1.82, 2.24) is 9.88 Å². The number of piperazine rings is 1. The van der Waals surface area contributed by atoms with Gasteiger partial charge in [0.2, 0.25) is 0 Å². The monoisotopic (exact) mass is 317 g/mol. The molecular weight excluding hydrogens is 297 g/mol. The van der Waals surface area contributed by atoms with Gasteiger partial charge in [0.1, 0.15) is 5.82 Å². The first-order valence-electron chi connectivity index (χ1n) is 7.96. The standard InChI is InChI=1S/C17H20FN3S/c18-15-3-1-2-4-16(15)21-9-7-20(8-10-21)11-14-12-22-17(19-14)13-5-6-13/h1-4,12-13H,5-11H2. The summed E-state index contributed by atoms with van der Waals surface area (Å²) < 4.78 is 13.8. The molecule has 1 aromatic carbocycles. The molecule has 0 bridgehead atoms. The summed E-state index contributed by atoms with van der Waals surface area (Å²) in [6, 6.07) is 7.05. The lowest BCUT2D eigenvalue weighted by atomic mass is 10.2. The number of thiazole rings is 1. The molecule has 0 atom stereocenters. The Balaban J connectivity index is 1.34. The van der Waals surface area contributed by atoms with Gasteiger partial charge in [-0.15, -0.1) is 11.3 Å². The molecular formula is C17H20FN3S. The minimum atomic E-state index is -0.121. The summed E-state index contributed by atoms with van der Waals surface area (Å²) in [7, 11) is 0. The van der Waals surface area contributed by atoms with E-state index in [0.29, 0.717) is 0 Å². The fraction of sp³-hybridized carbons (Fsp3) is 0.471. The second kappa shape index (κ2) is 5.97. The molecule has 1 aliphatic heterocycles. The molecule has 22 heavy (non-hydrogen) atoms. The van der Waals surface area contributed by atoms with Crippen LogP contribution in [0.2, 0.25) is 0 Å². The molecule has 0 spiro atoms. The van der Waals surface area contributed by atoms with Crippen molar-refractivity contribution in [3.8, 4) is 0 Å². The van der Waals surface area contributed by atoms with Crippen molar-refractivity contribution in [2.45, 2.75) is 25.3 Å². The first-order chi connectivity index (χ1) is 10.8. The van der Waals surface area contributed by atoms with E-state index < -0.39 is 0 Å². The van der Waals surface area contributed by atoms with Gasteiger partial charge >= 0.3 is 0 Å². The van der Waals surface area contributed by atoms with Crippen LogP contribution in [0.5, 0.6) is 0 Å². The minimum absolute atomic E-state index is 0.121. The van der Waals surface area contributed by atoms with E-state index in [0.717, 1.165) is 44.3 Å². The predicted octanol–water partition coefficient (Wildman–Crippen LogP) is 3.48. The van der Waals surface area contributed by atoms with Gasteiger partial charge in [-0.2, -0.15) is 0 Å². The number of aromatic nitrogens is 1. The maximum atomic E-state index is 13.8. The number of benzene rings is 1. The highest BCUT2D eigenvalue weighted by atomic mass is 32.1. The molecule has 2 aliphatic rings. The van der Waals surface area contributed by atoms with Crippen LogP contribution >= 0.6 is 11.3 Å². The Hall–Kier alpha value is -1.46. The quantitative estimate of drug-likeness (QED) is 0.860. The van der Waals surface area contributed by atoms with Crippen molar-refractivity contribution in [3.63, 3.8) is 0 Å². The number of nitrogens with zero attached hydrogens (tertiary/aromatic N) is 3. The lowest BCUT2D eigenvalue weighted by molar-refractivity contribution is 0.247. The third-order valence-corrected chi connectivity index (χ3v) is 5.50. The summed E-state index contributed by atoms with van der Waals surface area (Å²) in [6.07, 6.45) is 2.63. The lowest BCUT2D eigenvalue weighted by Crippen LogP contribution is -2.46. The molecule has 116 valence electrons. The van der Waals surface area contributed by atoms with Crippen LogP contribution < -0.4 is 4.90 Å². The molecule has 2 heterocycles. The number of para-hydroxylation sites is 1. The van der Waals surface area contributed by atoms with Gasteiger partial charge in [0.25, 0.3) is 0 Å². The zero-order valence-corrected chi connectivity index (χ0v) is 13.4. The second-order valence-electron chi connectivity index (χ2n) is 6.17. The zero-order valence-electron chi connectivity index (χ0n) is 12.5. The maximum Gasteiger partial charge on any atom is 0.146 e. The van der Waals surface area contributed by atoms with Crippen molar-refractivity contribution in [2.75, 3.05) is 31.1 Å². The van der Waals surface area contributed by atoms with Crippen LogP contribution in [0.3, 0.4) is 0 Å². The average Bonchev–Trinajstić information content (AvgIpc) is 3.29. The van der Waals surface area contributed by atoms with Crippen molar-refractivity contribution in [2.24, 2.45) is 0 Å². The van der Waals surface area contributed by atoms with Crippen LogP contribution in [0.4, 0.5) is 10.1 Å². The SMILES string of the molecule is Fc1ccccc1N1CCN(Cc2csc(C3CC3)n2)CC1. The molecule has 0 N–H and O–H groups in total. The largest absolute Gasteiger partial charge is 0.367 e. The van der Waals surface area contributed by atoms with Gasteiger partial charge in [-0.25, -0.2) is 9.37 Å². The molecule has 3 nitrogen and oxygen atoms in total. The zero-order chi connectivity index (χ0) is 14.9. The topological polar surface area (TPSA) is 19.4 Å². The van der Waals surface area contributed by atoms with Crippen molar-refractivity contribution >= 4 is 17.0 Å². The first-order valence-corrected chi connectivity index (χ1v) is 8.84. The van der Waals surface area contributed by atoms with Gasteiger partial charge in [0.05, 0.1) is 16.4 Å². The lowest BCUT2D eigenvalue weighted by Gasteiger charge is -2.35. The summed E-state index contributed by atoms with van der Waals surface area (Å²) >= 11 is 1.81. The molecule has 4 rings (SSSR count). The van der Waals surface area contributed by atoms with Gasteiger partial charge in [-0.1, -0.05) is 12.1 Å². The number of anilines is 1. The summed E-state index contributed by atoms with van der Waals surface area (Å²) in [5.41, 5.74) is 1.93. The van der Waals surface area contributed by atoms with Gasteiger partial charge in [0.15, 0.2) is 0 Å². The van der Waals surface area contributed by atoms with E-state index in [2.05, 4.69) is 15.2 Å². The molecule has 2 aromatic rings. The van der Waals surface area contributed by atoms with Gasteiger partial charge in [0, 0.05) is 44.0 Å². The Labute approximate surface area is 134 Å². The summed E-state index contributed by atoms with van der Waals surface area (Å²) in [5.74, 6) is 0.626. The Bertz CT molecular complexity index is 645. The fourth-order valence-corrected chi connectivity index (χ4v) is 3.98. The van der Waals surface area contributed by atoms with Crippen LogP contribution in [0.25, 0.3) is 0 Å². The average molecular weight is 317 g/mol. The van der Waals surface area contributed by atoms with Crippen molar-refractivity contribution < 1.29 is 4.39 Å². The Morgan fingerprint density at radius 1 is 1.14 bits per heavy atom. The normalized spacial score (nSPS) is 19.6. The Morgan fingerprint density at radius 3 is 2.64 bits per heavy atom. The molecule has 0 amide bonds. The molecule has 1 saturated carbocycles. The van der Waals surface area contributed by atoms with Crippen LogP contribution in [0.1, 0.15) is 29.5 Å². The highest BCUT2D eigenvalue weighted by Gasteiger charge is 2.27. The van der Waals surface area contributed by atoms with Gasteiger partial charge < -0.3 is 4.90 Å². The molecule has 1 aliphatic carbocycles. The number of rotatable bonds is 4. The van der Waals surface area contributed by atoms with Crippen LogP contribution in [0, 0.1) is 5.82 Å². The summed E-state index contributed by atoms with van der Waals surface area (Å²) in [5, 5.41) is 3.52. The first kappa shape index (κ1) is 14.2. The molecule has 2 fully saturated rings. The number of hydrogen-bond donors (Lipinski definition) is 0. The predicted molar refractivity (Wildman–Crippen MR) is 88.0 cm³/mol. The second-order valence-corrected chi connectivity index (χ2v) is 7.06. The molecule has 5 heteroatoms. The minimum Gasteiger partial charge on any atom is -0.367 e. The molecule has 1 aromatic heterocycles. The summed E-state index contributed by atoms with van der Waals surface area (Å²) in [6.45, 7) is 4.60. The van der Waals surface area contributed by atoms with Crippen molar-refractivity contribution in [3.05, 3.63) is 46.2 Å². The summed E-state index contributed by atoms with van der Waals surface area (Å²) in [4.78, 5) is 9.32. The van der Waals surface area contributed by atoms with Gasteiger partial charge in [-0.05, 0) is 25.0 Å². The van der Waals surface area contributed by atoms with Crippen LogP contribution in [-0.4, -0.2) is 36.1 Å². The van der Waals surface area contributed by atoms with E-state index in [4.69, 9.17) is 4.98 Å². The third kappa shape index (κ3) is 3.01. The number of hydrogen-bond acceptors (Lipinski definition) is 4. The molecule has 1 saturated heterocycles. The van der Waals surface area contributed by atoms with Crippen molar-refractivity contribution in [1.29, 1.82) is 0 Å². The highest BCUT2D eigenvalue weighted by molar-refractivity contribution is 7.09. The van der Waals surface area contributed by atoms with Crippen LogP contribution in [-0.2, 0) is 6.54 Å². The van der Waals surface area contributed by atoms with E-state index in [1.54, 1.807) is 6.07 Å². The van der Waals surface area contributed by atoms with Gasteiger partial charge in [-0.3, -0.25) is 4.90 Å².